The molecule has 0 aliphatic carbocycles. The van der Waals surface area contributed by atoms with Crippen molar-refractivity contribution in [1.82, 2.24) is 0 Å². The molecule has 0 aromatic carbocycles. The topological polar surface area (TPSA) is 83.5 Å². The van der Waals surface area contributed by atoms with Crippen LogP contribution in [-0.4, -0.2) is 22.9 Å². The fraction of sp³-hybridized carbons (Fsp3) is 0.545. The van der Waals surface area contributed by atoms with E-state index in [0.29, 0.717) is 0 Å². The first kappa shape index (κ1) is 16.2. The summed E-state index contributed by atoms with van der Waals surface area (Å²) in [4.78, 5) is 8.78. The number of rotatable bonds is 4. The van der Waals surface area contributed by atoms with Crippen LogP contribution in [0.15, 0.2) is 23.3 Å². The lowest BCUT2D eigenvalue weighted by Gasteiger charge is -1.96. The van der Waals surface area contributed by atoms with Crippen LogP contribution in [0.5, 0.6) is 0 Å². The zero-order chi connectivity index (χ0) is 12.3. The van der Waals surface area contributed by atoms with Gasteiger partial charge in [-0.05, 0) is 33.6 Å². The molecule has 4 N–H and O–H groups in total. The summed E-state index contributed by atoms with van der Waals surface area (Å²) in [5.74, 6) is 0. The summed E-state index contributed by atoms with van der Waals surface area (Å²) >= 11 is 0. The summed E-state index contributed by atoms with van der Waals surface area (Å²) in [7, 11) is 0. The first-order valence-electron chi connectivity index (χ1n) is 4.78. The number of carboxylic acid groups (broad SMARTS) is 1. The van der Waals surface area contributed by atoms with Crippen LogP contribution in [0.1, 0.15) is 33.6 Å². The van der Waals surface area contributed by atoms with E-state index in [1.54, 1.807) is 0 Å². The summed E-state index contributed by atoms with van der Waals surface area (Å²) in [5.41, 5.74) is 6.66. The average Bonchev–Trinajstić information content (AvgIpc) is 2.02. The third kappa shape index (κ3) is 24.5. The van der Waals surface area contributed by atoms with Gasteiger partial charge in [0.15, 0.2) is 0 Å². The number of aliphatic hydroxyl groups excluding tert-OH is 1. The number of hydrogen-bond donors (Lipinski definition) is 3. The van der Waals surface area contributed by atoms with E-state index < -0.39 is 6.09 Å². The van der Waals surface area contributed by atoms with E-state index in [1.165, 1.54) is 11.1 Å². The molecule has 0 unspecified atom stereocenters. The van der Waals surface area contributed by atoms with Crippen molar-refractivity contribution in [2.24, 2.45) is 5.73 Å². The first-order chi connectivity index (χ1) is 6.90. The molecule has 0 rings (SSSR count). The molecule has 4 nitrogen and oxygen atoms in total. The molecule has 0 aromatic heterocycles. The van der Waals surface area contributed by atoms with Gasteiger partial charge in [0.2, 0.25) is 0 Å². The average molecular weight is 215 g/mol. The predicted octanol–water partition coefficient (Wildman–Crippen LogP) is 2.29. The maximum Gasteiger partial charge on any atom is 0.402 e. The monoisotopic (exact) mass is 215 g/mol. The Morgan fingerprint density at radius 2 is 1.73 bits per heavy atom. The number of amides is 1. The van der Waals surface area contributed by atoms with Crippen LogP contribution in [-0.2, 0) is 0 Å². The highest BCUT2D eigenvalue weighted by Gasteiger charge is 1.86. The molecule has 0 fully saturated rings. The van der Waals surface area contributed by atoms with Crippen LogP contribution in [0.4, 0.5) is 4.79 Å². The second-order valence-corrected chi connectivity index (χ2v) is 3.39. The van der Waals surface area contributed by atoms with Gasteiger partial charge < -0.3 is 15.9 Å². The van der Waals surface area contributed by atoms with Gasteiger partial charge in [0.1, 0.15) is 0 Å². The lowest BCUT2D eigenvalue weighted by molar-refractivity contribution is 0.205. The van der Waals surface area contributed by atoms with Crippen molar-refractivity contribution in [3.8, 4) is 0 Å². The highest BCUT2D eigenvalue weighted by Crippen LogP contribution is 2.05. The zero-order valence-electron chi connectivity index (χ0n) is 9.66. The standard InChI is InChI=1S/C10H18O.CH3NO2/c1-9(2)5-4-6-10(3)7-8-11;2-1(3)4/h5,7,11H,4,6,8H2,1-3H3;2H2,(H,3,4). The van der Waals surface area contributed by atoms with Gasteiger partial charge in [0.25, 0.3) is 0 Å². The summed E-state index contributed by atoms with van der Waals surface area (Å²) in [5, 5.41) is 15.7. The Labute approximate surface area is 91.1 Å². The molecule has 0 spiro atoms. The van der Waals surface area contributed by atoms with Gasteiger partial charge in [-0.15, -0.1) is 0 Å². The number of carbonyl (C=O) groups is 1. The van der Waals surface area contributed by atoms with E-state index in [-0.39, 0.29) is 6.61 Å². The van der Waals surface area contributed by atoms with Crippen LogP contribution in [0.2, 0.25) is 0 Å². The summed E-state index contributed by atoms with van der Waals surface area (Å²) < 4.78 is 0. The summed E-state index contributed by atoms with van der Waals surface area (Å²) in [6.07, 6.45) is 4.89. The van der Waals surface area contributed by atoms with Crippen LogP contribution in [0.3, 0.4) is 0 Å². The lowest BCUT2D eigenvalue weighted by atomic mass is 10.1. The molecular weight excluding hydrogens is 194 g/mol. The van der Waals surface area contributed by atoms with E-state index >= 15 is 0 Å². The second-order valence-electron chi connectivity index (χ2n) is 3.39. The Balaban J connectivity index is 0. The molecule has 0 saturated heterocycles. The van der Waals surface area contributed by atoms with Crippen LogP contribution in [0, 0.1) is 0 Å². The molecule has 0 aliphatic heterocycles. The summed E-state index contributed by atoms with van der Waals surface area (Å²) in [6.45, 7) is 6.42. The minimum absolute atomic E-state index is 0.167. The maximum absolute atomic E-state index is 8.78. The molecule has 0 aromatic rings. The van der Waals surface area contributed by atoms with Gasteiger partial charge in [-0.3, -0.25) is 0 Å². The number of aliphatic hydroxyl groups is 1. The normalized spacial score (nSPS) is 10.0. The Hall–Kier alpha value is -1.29. The second kappa shape index (κ2) is 10.8. The molecule has 1 amide bonds. The maximum atomic E-state index is 8.78. The molecule has 0 bridgehead atoms. The van der Waals surface area contributed by atoms with Crippen LogP contribution in [0.25, 0.3) is 0 Å². The zero-order valence-corrected chi connectivity index (χ0v) is 9.66. The molecule has 88 valence electrons. The molecule has 0 atom stereocenters. The Morgan fingerprint density at radius 1 is 1.27 bits per heavy atom. The number of nitrogens with two attached hydrogens (primary N) is 1. The van der Waals surface area contributed by atoms with Gasteiger partial charge in [0.05, 0.1) is 6.61 Å². The van der Waals surface area contributed by atoms with Crippen molar-refractivity contribution in [3.63, 3.8) is 0 Å². The van der Waals surface area contributed by atoms with Crippen molar-refractivity contribution in [2.75, 3.05) is 6.61 Å². The van der Waals surface area contributed by atoms with Gasteiger partial charge in [-0.25, -0.2) is 4.79 Å². The fourth-order valence-electron chi connectivity index (χ4n) is 0.846. The van der Waals surface area contributed by atoms with Crippen molar-refractivity contribution in [1.29, 1.82) is 0 Å². The van der Waals surface area contributed by atoms with Gasteiger partial charge >= 0.3 is 6.09 Å². The van der Waals surface area contributed by atoms with Crippen molar-refractivity contribution in [3.05, 3.63) is 23.3 Å². The SMILES string of the molecule is CC(C)=CCCC(C)=CCO.NC(=O)O. The Morgan fingerprint density at radius 3 is 2.07 bits per heavy atom. The molecule has 4 heteroatoms. The van der Waals surface area contributed by atoms with Crippen LogP contribution >= 0.6 is 0 Å². The number of allylic oxidation sites excluding steroid dienone is 3. The summed E-state index contributed by atoms with van der Waals surface area (Å²) in [6, 6.07) is 0. The van der Waals surface area contributed by atoms with E-state index in [0.717, 1.165) is 12.8 Å². The lowest BCUT2D eigenvalue weighted by Crippen LogP contribution is -2.03. The predicted molar refractivity (Wildman–Crippen MR) is 61.7 cm³/mol. The fourth-order valence-corrected chi connectivity index (χ4v) is 0.846. The minimum atomic E-state index is -1.33. The van der Waals surface area contributed by atoms with Crippen molar-refractivity contribution >= 4 is 6.09 Å². The van der Waals surface area contributed by atoms with Gasteiger partial charge in [-0.2, -0.15) is 0 Å². The highest BCUT2D eigenvalue weighted by molar-refractivity contribution is 5.61. The van der Waals surface area contributed by atoms with Crippen molar-refractivity contribution < 1.29 is 15.0 Å². The largest absolute Gasteiger partial charge is 0.465 e. The first-order valence-corrected chi connectivity index (χ1v) is 4.78. The third-order valence-electron chi connectivity index (χ3n) is 1.53. The third-order valence-corrected chi connectivity index (χ3v) is 1.53. The molecule has 0 saturated carbocycles. The number of primary amides is 1. The molecular formula is C11H21NO3. The quantitative estimate of drug-likeness (QED) is 0.629. The highest BCUT2D eigenvalue weighted by atomic mass is 16.4. The minimum Gasteiger partial charge on any atom is -0.465 e. The molecule has 0 radical (unpaired) electrons. The molecule has 0 aliphatic rings. The molecule has 15 heavy (non-hydrogen) atoms. The van der Waals surface area contributed by atoms with E-state index in [1.807, 2.05) is 6.08 Å². The van der Waals surface area contributed by atoms with E-state index in [2.05, 4.69) is 32.6 Å². The Bertz CT molecular complexity index is 224. The molecule has 0 heterocycles. The van der Waals surface area contributed by atoms with Gasteiger partial charge in [-0.1, -0.05) is 23.3 Å². The van der Waals surface area contributed by atoms with Gasteiger partial charge in [0, 0.05) is 0 Å². The van der Waals surface area contributed by atoms with Crippen LogP contribution < -0.4 is 5.73 Å². The smallest absolute Gasteiger partial charge is 0.402 e. The Kier molecular flexibility index (Phi) is 11.6. The van der Waals surface area contributed by atoms with Crippen molar-refractivity contribution in [2.45, 2.75) is 33.6 Å². The van der Waals surface area contributed by atoms with E-state index in [4.69, 9.17) is 15.0 Å². The number of hydrogen-bond acceptors (Lipinski definition) is 2. The van der Waals surface area contributed by atoms with E-state index in [9.17, 15) is 0 Å².